The molecule has 0 saturated heterocycles. The van der Waals surface area contributed by atoms with E-state index in [1.54, 1.807) is 6.92 Å². The molecule has 1 rings (SSSR count). The molecule has 1 aromatic rings. The van der Waals surface area contributed by atoms with E-state index in [9.17, 15) is 4.79 Å². The van der Waals surface area contributed by atoms with Crippen molar-refractivity contribution >= 4 is 21.9 Å². The van der Waals surface area contributed by atoms with Gasteiger partial charge in [0.05, 0.1) is 6.61 Å². The fraction of sp³-hybridized carbons (Fsp3) is 0.417. The molecule has 0 N–H and O–H groups in total. The van der Waals surface area contributed by atoms with Gasteiger partial charge in [-0.25, -0.2) is 4.79 Å². The van der Waals surface area contributed by atoms with Crippen LogP contribution < -0.4 is 4.74 Å². The smallest absolute Gasteiger partial charge is 0.344 e. The molecule has 16 heavy (non-hydrogen) atoms. The van der Waals surface area contributed by atoms with E-state index in [2.05, 4.69) is 15.9 Å². The predicted octanol–water partition coefficient (Wildman–Crippen LogP) is 3.01. The Hall–Kier alpha value is -1.03. The van der Waals surface area contributed by atoms with E-state index in [-0.39, 0.29) is 12.6 Å². The van der Waals surface area contributed by atoms with Gasteiger partial charge in [0.15, 0.2) is 6.61 Å². The number of aryl methyl sites for hydroxylation is 2. The standard InChI is InChI=1S/C12H15BrO3/c1-4-15-11(14)7-16-10-5-8(2)12(13)9(3)6-10/h5-6H,4,7H2,1-3H3. The molecule has 0 bridgehead atoms. The summed E-state index contributed by atoms with van der Waals surface area (Å²) >= 11 is 3.47. The topological polar surface area (TPSA) is 35.5 Å². The highest BCUT2D eigenvalue weighted by Crippen LogP contribution is 2.26. The summed E-state index contributed by atoms with van der Waals surface area (Å²) in [6.07, 6.45) is 0. The van der Waals surface area contributed by atoms with E-state index in [0.717, 1.165) is 15.6 Å². The molecule has 0 fully saturated rings. The molecule has 1 aromatic carbocycles. The number of halogens is 1. The van der Waals surface area contributed by atoms with Crippen LogP contribution in [0.2, 0.25) is 0 Å². The molecule has 0 amide bonds. The van der Waals surface area contributed by atoms with Crippen molar-refractivity contribution in [2.45, 2.75) is 20.8 Å². The second-order valence-electron chi connectivity index (χ2n) is 3.46. The molecule has 0 unspecified atom stereocenters. The zero-order valence-corrected chi connectivity index (χ0v) is 11.3. The van der Waals surface area contributed by atoms with Crippen LogP contribution in [-0.4, -0.2) is 19.2 Å². The zero-order chi connectivity index (χ0) is 12.1. The summed E-state index contributed by atoms with van der Waals surface area (Å²) in [6.45, 7) is 6.06. The largest absolute Gasteiger partial charge is 0.482 e. The van der Waals surface area contributed by atoms with Gasteiger partial charge in [0.2, 0.25) is 0 Å². The number of hydrogen-bond donors (Lipinski definition) is 0. The van der Waals surface area contributed by atoms with E-state index < -0.39 is 0 Å². The third-order valence-electron chi connectivity index (χ3n) is 2.07. The van der Waals surface area contributed by atoms with Crippen molar-refractivity contribution in [3.05, 3.63) is 27.7 Å². The molecule has 0 radical (unpaired) electrons. The number of hydrogen-bond acceptors (Lipinski definition) is 3. The van der Waals surface area contributed by atoms with Crippen molar-refractivity contribution in [3.63, 3.8) is 0 Å². The Labute approximate surface area is 104 Å². The molecule has 0 aliphatic carbocycles. The maximum Gasteiger partial charge on any atom is 0.344 e. The predicted molar refractivity (Wildman–Crippen MR) is 65.7 cm³/mol. The summed E-state index contributed by atoms with van der Waals surface area (Å²) in [5.41, 5.74) is 2.16. The van der Waals surface area contributed by atoms with Gasteiger partial charge in [-0.2, -0.15) is 0 Å². The van der Waals surface area contributed by atoms with Gasteiger partial charge < -0.3 is 9.47 Å². The summed E-state index contributed by atoms with van der Waals surface area (Å²) in [5.74, 6) is 0.340. The van der Waals surface area contributed by atoms with Crippen LogP contribution >= 0.6 is 15.9 Å². The second-order valence-corrected chi connectivity index (χ2v) is 4.26. The third kappa shape index (κ3) is 3.52. The Balaban J connectivity index is 2.65. The molecule has 4 heteroatoms. The van der Waals surface area contributed by atoms with Gasteiger partial charge in [0, 0.05) is 4.47 Å². The molecule has 0 spiro atoms. The van der Waals surface area contributed by atoms with Crippen LogP contribution in [0.1, 0.15) is 18.1 Å². The molecular weight excluding hydrogens is 272 g/mol. The molecular formula is C12H15BrO3. The second kappa shape index (κ2) is 5.89. The SMILES string of the molecule is CCOC(=O)COc1cc(C)c(Br)c(C)c1. The van der Waals surface area contributed by atoms with Crippen molar-refractivity contribution in [3.8, 4) is 5.75 Å². The highest BCUT2D eigenvalue weighted by atomic mass is 79.9. The monoisotopic (exact) mass is 286 g/mol. The number of esters is 1. The van der Waals surface area contributed by atoms with Crippen LogP contribution in [0.4, 0.5) is 0 Å². The summed E-state index contributed by atoms with van der Waals surface area (Å²) in [7, 11) is 0. The summed E-state index contributed by atoms with van der Waals surface area (Å²) in [4.78, 5) is 11.1. The quantitative estimate of drug-likeness (QED) is 0.799. The van der Waals surface area contributed by atoms with Crippen LogP contribution in [0.3, 0.4) is 0 Å². The lowest BCUT2D eigenvalue weighted by Crippen LogP contribution is -2.14. The summed E-state index contributed by atoms with van der Waals surface area (Å²) < 4.78 is 11.2. The van der Waals surface area contributed by atoms with Gasteiger partial charge in [-0.3, -0.25) is 0 Å². The lowest BCUT2D eigenvalue weighted by atomic mass is 10.1. The van der Waals surface area contributed by atoms with Gasteiger partial charge >= 0.3 is 5.97 Å². The highest BCUT2D eigenvalue weighted by Gasteiger charge is 2.06. The van der Waals surface area contributed by atoms with Crippen molar-refractivity contribution in [2.75, 3.05) is 13.2 Å². The first-order chi connectivity index (χ1) is 7.54. The van der Waals surface area contributed by atoms with Gasteiger partial charge in [-0.05, 0) is 44.0 Å². The minimum atomic E-state index is -0.347. The first-order valence-corrected chi connectivity index (χ1v) is 5.89. The molecule has 0 atom stereocenters. The molecule has 3 nitrogen and oxygen atoms in total. The third-order valence-corrected chi connectivity index (χ3v) is 3.32. The van der Waals surface area contributed by atoms with Crippen LogP contribution in [-0.2, 0) is 9.53 Å². The summed E-state index contributed by atoms with van der Waals surface area (Å²) in [6, 6.07) is 3.77. The number of rotatable bonds is 4. The first-order valence-electron chi connectivity index (χ1n) is 5.09. The van der Waals surface area contributed by atoms with E-state index in [1.165, 1.54) is 0 Å². The maximum atomic E-state index is 11.1. The zero-order valence-electron chi connectivity index (χ0n) is 9.67. The number of benzene rings is 1. The Morgan fingerprint density at radius 3 is 2.38 bits per heavy atom. The Kier molecular flexibility index (Phi) is 4.80. The van der Waals surface area contributed by atoms with Gasteiger partial charge in [-0.15, -0.1) is 0 Å². The Morgan fingerprint density at radius 2 is 1.88 bits per heavy atom. The molecule has 0 aliphatic rings. The highest BCUT2D eigenvalue weighted by molar-refractivity contribution is 9.10. The van der Waals surface area contributed by atoms with E-state index in [4.69, 9.17) is 9.47 Å². The number of carbonyl (C=O) groups excluding carboxylic acids is 1. The van der Waals surface area contributed by atoms with E-state index in [0.29, 0.717) is 12.4 Å². The Bertz CT molecular complexity index is 365. The van der Waals surface area contributed by atoms with Crippen molar-refractivity contribution < 1.29 is 14.3 Å². The van der Waals surface area contributed by atoms with Crippen molar-refractivity contribution in [2.24, 2.45) is 0 Å². The maximum absolute atomic E-state index is 11.1. The number of carbonyl (C=O) groups is 1. The Morgan fingerprint density at radius 1 is 1.31 bits per heavy atom. The molecule has 88 valence electrons. The normalized spacial score (nSPS) is 10.0. The molecule has 0 saturated carbocycles. The average molecular weight is 287 g/mol. The lowest BCUT2D eigenvalue weighted by molar-refractivity contribution is -0.145. The fourth-order valence-corrected chi connectivity index (χ4v) is 1.56. The molecule has 0 aliphatic heterocycles. The fourth-order valence-electron chi connectivity index (χ4n) is 1.33. The van der Waals surface area contributed by atoms with Gasteiger partial charge in [0.25, 0.3) is 0 Å². The van der Waals surface area contributed by atoms with E-state index >= 15 is 0 Å². The van der Waals surface area contributed by atoms with Crippen molar-refractivity contribution in [1.82, 2.24) is 0 Å². The number of ether oxygens (including phenoxy) is 2. The van der Waals surface area contributed by atoms with Crippen LogP contribution in [0, 0.1) is 13.8 Å². The van der Waals surface area contributed by atoms with Crippen LogP contribution in [0.5, 0.6) is 5.75 Å². The van der Waals surface area contributed by atoms with Crippen LogP contribution in [0.15, 0.2) is 16.6 Å². The first kappa shape index (κ1) is 13.0. The molecule has 0 heterocycles. The van der Waals surface area contributed by atoms with E-state index in [1.807, 2.05) is 26.0 Å². The average Bonchev–Trinajstić information content (AvgIpc) is 2.23. The van der Waals surface area contributed by atoms with Gasteiger partial charge in [0.1, 0.15) is 5.75 Å². The van der Waals surface area contributed by atoms with Gasteiger partial charge in [-0.1, -0.05) is 15.9 Å². The molecule has 0 aromatic heterocycles. The lowest BCUT2D eigenvalue weighted by Gasteiger charge is -2.09. The minimum absolute atomic E-state index is 0.0473. The van der Waals surface area contributed by atoms with Crippen LogP contribution in [0.25, 0.3) is 0 Å². The minimum Gasteiger partial charge on any atom is -0.482 e. The summed E-state index contributed by atoms with van der Waals surface area (Å²) in [5, 5.41) is 0. The van der Waals surface area contributed by atoms with Crippen molar-refractivity contribution in [1.29, 1.82) is 0 Å².